The molecule has 2 aliphatic rings. The van der Waals surface area contributed by atoms with Gasteiger partial charge in [0, 0.05) is 24.9 Å². The first-order chi connectivity index (χ1) is 17.5. The quantitative estimate of drug-likeness (QED) is 0.584. The Morgan fingerprint density at radius 3 is 2.65 bits per heavy atom. The number of nitrogens with zero attached hydrogens (tertiary/aromatic N) is 4. The van der Waals surface area contributed by atoms with Crippen molar-refractivity contribution in [2.75, 3.05) is 25.0 Å². The average Bonchev–Trinajstić information content (AvgIpc) is 2.85. The molecule has 2 aromatic rings. The molecule has 4 rings (SSSR count). The lowest BCUT2D eigenvalue weighted by molar-refractivity contribution is -0.125. The Balaban J connectivity index is 1.73. The molecule has 1 fully saturated rings. The number of piperazine rings is 1. The van der Waals surface area contributed by atoms with Crippen molar-refractivity contribution >= 4 is 57.6 Å². The lowest BCUT2D eigenvalue weighted by Gasteiger charge is -2.41. The number of nitrogens with one attached hydrogen (secondary N) is 2. The highest BCUT2D eigenvalue weighted by Gasteiger charge is 2.38. The average molecular weight is 566 g/mol. The highest BCUT2D eigenvalue weighted by atomic mass is 35.5. The smallest absolute Gasteiger partial charge is 0.244 e. The minimum absolute atomic E-state index is 0.0234. The fraction of sp³-hybridized carbons (Fsp3) is 0.400. The fourth-order valence-corrected chi connectivity index (χ4v) is 6.52. The van der Waals surface area contributed by atoms with Gasteiger partial charge < -0.3 is 10.6 Å². The maximum absolute atomic E-state index is 13.5. The minimum atomic E-state index is -3.96. The fourth-order valence-electron chi connectivity index (χ4n) is 4.34. The summed E-state index contributed by atoms with van der Waals surface area (Å²) in [6.45, 7) is 10.8. The Labute approximate surface area is 226 Å². The van der Waals surface area contributed by atoms with Crippen molar-refractivity contribution in [2.24, 2.45) is 5.92 Å². The van der Waals surface area contributed by atoms with Gasteiger partial charge in [-0.05, 0) is 31.1 Å². The summed E-state index contributed by atoms with van der Waals surface area (Å²) in [6.07, 6.45) is 5.01. The van der Waals surface area contributed by atoms with Crippen LogP contribution in [-0.4, -0.2) is 65.3 Å². The van der Waals surface area contributed by atoms with E-state index in [0.717, 1.165) is 0 Å². The molecular formula is C25H30Cl2N6O3S. The highest BCUT2D eigenvalue weighted by Crippen LogP contribution is 2.32. The van der Waals surface area contributed by atoms with E-state index < -0.39 is 22.2 Å². The number of aromatic nitrogens is 2. The van der Waals surface area contributed by atoms with Crippen molar-refractivity contribution in [1.82, 2.24) is 24.5 Å². The van der Waals surface area contributed by atoms with Gasteiger partial charge in [0.15, 0.2) is 0 Å². The van der Waals surface area contributed by atoms with Crippen LogP contribution in [0.15, 0.2) is 35.2 Å². The Morgan fingerprint density at radius 1 is 1.19 bits per heavy atom. The van der Waals surface area contributed by atoms with Crippen LogP contribution in [0, 0.1) is 5.92 Å². The van der Waals surface area contributed by atoms with Gasteiger partial charge >= 0.3 is 0 Å². The Kier molecular flexibility index (Phi) is 8.25. The Morgan fingerprint density at radius 2 is 1.95 bits per heavy atom. The SMILES string of the molecule is C=c1c2nc(n/c1=C/C=C\C)CN1CCN(S(=O)(=O)c3cccc(Cl)c3Cl)CC1NC(=O)[C@H](C(C)C)N2. The molecule has 12 heteroatoms. The zero-order valence-electron chi connectivity index (χ0n) is 20.9. The van der Waals surface area contributed by atoms with Gasteiger partial charge in [-0.25, -0.2) is 18.4 Å². The van der Waals surface area contributed by atoms with Crippen LogP contribution in [0.5, 0.6) is 0 Å². The third-order valence-corrected chi connectivity index (χ3v) is 9.25. The van der Waals surface area contributed by atoms with Gasteiger partial charge in [0.1, 0.15) is 22.6 Å². The largest absolute Gasteiger partial charge is 0.358 e. The van der Waals surface area contributed by atoms with Crippen LogP contribution in [0.1, 0.15) is 26.6 Å². The van der Waals surface area contributed by atoms with Crippen molar-refractivity contribution < 1.29 is 13.2 Å². The second-order valence-electron chi connectivity index (χ2n) is 9.32. The number of allylic oxidation sites excluding steroid dienone is 2. The molecule has 0 saturated carbocycles. The summed E-state index contributed by atoms with van der Waals surface area (Å²) in [7, 11) is -3.96. The number of carbonyl (C=O) groups is 1. The zero-order valence-corrected chi connectivity index (χ0v) is 23.2. The van der Waals surface area contributed by atoms with Gasteiger partial charge in [-0.15, -0.1) is 0 Å². The third-order valence-electron chi connectivity index (χ3n) is 6.41. The Hall–Kier alpha value is -2.50. The van der Waals surface area contributed by atoms with Crippen LogP contribution in [0.2, 0.25) is 10.0 Å². The summed E-state index contributed by atoms with van der Waals surface area (Å²) < 4.78 is 28.3. The van der Waals surface area contributed by atoms with E-state index in [4.69, 9.17) is 28.2 Å². The van der Waals surface area contributed by atoms with Crippen molar-refractivity contribution in [3.8, 4) is 0 Å². The number of anilines is 1. The molecule has 37 heavy (non-hydrogen) atoms. The molecule has 2 atom stereocenters. The van der Waals surface area contributed by atoms with E-state index in [2.05, 4.69) is 22.2 Å². The number of rotatable bonds is 4. The highest BCUT2D eigenvalue weighted by molar-refractivity contribution is 7.89. The van der Waals surface area contributed by atoms with Crippen molar-refractivity contribution in [3.63, 3.8) is 0 Å². The molecule has 198 valence electrons. The maximum atomic E-state index is 13.5. The number of fused-ring (bicyclic) bond motifs is 3. The second kappa shape index (κ2) is 11.1. The molecule has 0 spiro atoms. The van der Waals surface area contributed by atoms with Crippen molar-refractivity contribution in [3.05, 3.63) is 56.8 Å². The molecule has 2 N–H and O–H groups in total. The van der Waals surface area contributed by atoms with Gasteiger partial charge in [0.05, 0.1) is 28.1 Å². The van der Waals surface area contributed by atoms with E-state index in [1.54, 1.807) is 6.07 Å². The predicted octanol–water partition coefficient (Wildman–Crippen LogP) is 1.95. The monoisotopic (exact) mass is 564 g/mol. The number of hydrogen-bond acceptors (Lipinski definition) is 7. The molecule has 1 saturated heterocycles. The van der Waals surface area contributed by atoms with E-state index >= 15 is 0 Å². The first-order valence-corrected chi connectivity index (χ1v) is 14.2. The molecular weight excluding hydrogens is 535 g/mol. The Bertz CT molecular complexity index is 1450. The topological polar surface area (TPSA) is 108 Å². The normalized spacial score (nSPS) is 22.1. The van der Waals surface area contributed by atoms with E-state index in [0.29, 0.717) is 35.3 Å². The summed E-state index contributed by atoms with van der Waals surface area (Å²) in [5, 5.41) is 7.68. The third kappa shape index (κ3) is 5.68. The lowest BCUT2D eigenvalue weighted by Crippen LogP contribution is -2.63. The van der Waals surface area contributed by atoms with Crippen LogP contribution < -0.4 is 21.2 Å². The summed E-state index contributed by atoms with van der Waals surface area (Å²) in [6, 6.07) is 3.89. The zero-order chi connectivity index (χ0) is 26.9. The lowest BCUT2D eigenvalue weighted by atomic mass is 10.0. The van der Waals surface area contributed by atoms with Crippen LogP contribution in [0.3, 0.4) is 0 Å². The minimum Gasteiger partial charge on any atom is -0.358 e. The molecule has 1 aromatic heterocycles. The summed E-state index contributed by atoms with van der Waals surface area (Å²) in [5.74, 6) is 0.709. The summed E-state index contributed by atoms with van der Waals surface area (Å²) in [4.78, 5) is 24.7. The molecule has 0 radical (unpaired) electrons. The van der Waals surface area contributed by atoms with E-state index in [-0.39, 0.29) is 39.9 Å². The van der Waals surface area contributed by atoms with Crippen molar-refractivity contribution in [1.29, 1.82) is 0 Å². The molecule has 1 unspecified atom stereocenters. The molecule has 2 aliphatic heterocycles. The van der Waals surface area contributed by atoms with Gasteiger partial charge in [-0.2, -0.15) is 4.31 Å². The molecule has 1 aromatic carbocycles. The molecule has 1 amide bonds. The molecule has 0 aliphatic carbocycles. The van der Waals surface area contributed by atoms with Gasteiger partial charge in [0.2, 0.25) is 15.9 Å². The number of benzene rings is 1. The maximum Gasteiger partial charge on any atom is 0.244 e. The van der Waals surface area contributed by atoms with Gasteiger partial charge in [0.25, 0.3) is 0 Å². The van der Waals surface area contributed by atoms with Crippen LogP contribution >= 0.6 is 23.2 Å². The van der Waals surface area contributed by atoms with Crippen LogP contribution in [0.4, 0.5) is 5.82 Å². The van der Waals surface area contributed by atoms with Crippen LogP contribution in [0.25, 0.3) is 12.7 Å². The van der Waals surface area contributed by atoms with E-state index in [9.17, 15) is 13.2 Å². The van der Waals surface area contributed by atoms with Crippen LogP contribution in [-0.2, 0) is 21.4 Å². The number of carbonyl (C=O) groups excluding carboxylic acids is 1. The number of sulfonamides is 1. The first kappa shape index (κ1) is 27.5. The molecule has 9 nitrogen and oxygen atoms in total. The molecule has 3 heterocycles. The molecule has 2 bridgehead atoms. The van der Waals surface area contributed by atoms with Crippen molar-refractivity contribution in [2.45, 2.75) is 44.4 Å². The summed E-state index contributed by atoms with van der Waals surface area (Å²) in [5.41, 5.74) is 0. The van der Waals surface area contributed by atoms with Gasteiger partial charge in [-0.1, -0.05) is 61.8 Å². The number of amides is 1. The van der Waals surface area contributed by atoms with Gasteiger partial charge in [-0.3, -0.25) is 9.69 Å². The summed E-state index contributed by atoms with van der Waals surface area (Å²) >= 11 is 12.3. The number of halogens is 2. The first-order valence-electron chi connectivity index (χ1n) is 12.0. The van der Waals surface area contributed by atoms with E-state index in [1.807, 2.05) is 43.9 Å². The van der Waals surface area contributed by atoms with E-state index in [1.165, 1.54) is 16.4 Å². The second-order valence-corrected chi connectivity index (χ2v) is 12.0. The predicted molar refractivity (Wildman–Crippen MR) is 146 cm³/mol. The standard InChI is InChI=1S/C25H30Cl2N6O3S/c1-5-6-9-18-16(4)24-29-20(28-18)13-32-11-12-33(14-21(32)30-25(34)23(31-24)15(2)3)37(35,36)19-10-7-8-17(26)22(19)27/h5-10,15,21,23H,4,11-14H2,1-3H3,(H,30,34)(H,28,29,31)/b6-5-,18-9+/t21?,23-/m0/s1. The number of hydrogen-bond donors (Lipinski definition) is 2.